The molecule has 0 aliphatic heterocycles. The van der Waals surface area contributed by atoms with E-state index in [1.165, 1.54) is 18.2 Å². The molecule has 1 fully saturated rings. The number of allylic oxidation sites excluding steroid dienone is 2. The predicted molar refractivity (Wildman–Crippen MR) is 146 cm³/mol. The highest BCUT2D eigenvalue weighted by Crippen LogP contribution is 2.21. The van der Waals surface area contributed by atoms with Gasteiger partial charge in [-0.05, 0) is 64.8 Å². The quantitative estimate of drug-likeness (QED) is 0.176. The molecule has 0 radical (unpaired) electrons. The lowest BCUT2D eigenvalue weighted by atomic mass is 10.1. The van der Waals surface area contributed by atoms with Gasteiger partial charge in [0, 0.05) is 30.3 Å². The molecule has 200 valence electrons. The van der Waals surface area contributed by atoms with E-state index in [1.54, 1.807) is 45.0 Å². The monoisotopic (exact) mass is 523 g/mol. The van der Waals surface area contributed by atoms with E-state index < -0.39 is 0 Å². The van der Waals surface area contributed by atoms with Crippen molar-refractivity contribution in [1.29, 1.82) is 0 Å². The van der Waals surface area contributed by atoms with Crippen molar-refractivity contribution >= 4 is 29.1 Å². The summed E-state index contributed by atoms with van der Waals surface area (Å²) < 4.78 is 15.7. The molecule has 0 spiro atoms. The number of halogens is 2. The van der Waals surface area contributed by atoms with Crippen LogP contribution in [0.25, 0.3) is 0 Å². The Morgan fingerprint density at radius 1 is 1.36 bits per heavy atom. The van der Waals surface area contributed by atoms with Gasteiger partial charge in [-0.15, -0.1) is 12.3 Å². The largest absolute Gasteiger partial charge is 0.393 e. The fraction of sp³-hybridized carbons (Fsp3) is 0.385. The fourth-order valence-electron chi connectivity index (χ4n) is 2.23. The molecule has 0 saturated heterocycles. The van der Waals surface area contributed by atoms with Crippen LogP contribution in [0.1, 0.15) is 50.9 Å². The van der Waals surface area contributed by atoms with Gasteiger partial charge in [-0.1, -0.05) is 24.3 Å². The number of amides is 2. The fourth-order valence-corrected chi connectivity index (χ4v) is 2.23. The number of nitrogens with two attached hydrogens (primary N) is 2. The van der Waals surface area contributed by atoms with E-state index in [0.717, 1.165) is 12.8 Å². The zero-order chi connectivity index (χ0) is 28.1. The minimum Gasteiger partial charge on any atom is -0.393 e. The Bertz CT molecular complexity index is 899. The molecule has 6 N–H and O–H groups in total. The van der Waals surface area contributed by atoms with Crippen LogP contribution in [-0.2, 0) is 9.53 Å². The van der Waals surface area contributed by atoms with Gasteiger partial charge >= 0.3 is 0 Å². The maximum Gasteiger partial charge on any atom is 0.269 e. The number of nitrogens with one attached hydrogen (secondary N) is 2. The summed E-state index contributed by atoms with van der Waals surface area (Å²) in [6.07, 6.45) is 8.36. The Balaban J connectivity index is 0. The molecule has 2 rings (SSSR count). The number of anilines is 1. The van der Waals surface area contributed by atoms with Crippen LogP contribution in [0.4, 0.5) is 10.1 Å². The van der Waals surface area contributed by atoms with Crippen LogP contribution in [0.5, 0.6) is 0 Å². The maximum absolute atomic E-state index is 12.2. The van der Waals surface area contributed by atoms with Crippen molar-refractivity contribution in [2.24, 2.45) is 11.6 Å². The number of terminal acetylenes is 1. The number of benzene rings is 1. The molecule has 8 nitrogen and oxygen atoms in total. The number of carbonyl (C=O) groups is 2. The minimum atomic E-state index is -0.357. The molecule has 1 aliphatic carbocycles. The molecule has 0 unspecified atom stereocenters. The van der Waals surface area contributed by atoms with Gasteiger partial charge in [0.15, 0.2) is 0 Å². The first-order valence-electron chi connectivity index (χ1n) is 11.2. The van der Waals surface area contributed by atoms with Crippen LogP contribution in [0.3, 0.4) is 0 Å². The van der Waals surface area contributed by atoms with Crippen molar-refractivity contribution in [1.82, 2.24) is 10.6 Å². The van der Waals surface area contributed by atoms with E-state index in [9.17, 15) is 14.0 Å². The van der Waals surface area contributed by atoms with E-state index in [4.69, 9.17) is 27.9 Å². The van der Waals surface area contributed by atoms with Crippen molar-refractivity contribution in [2.45, 2.75) is 46.6 Å². The molecule has 1 saturated carbocycles. The standard InChI is InChI=1S/C17H25N5O3.C3H5Cl.C3H5F.C3H4/c1-3-20-16(23)11-4-8-13(9-5-11)22(19)14(10-25-2)15(18)17(24)21-12-6-7-12;1-3(2)4;1-2-3-4;1-3-2/h4-5,8-9,12H,3,6-7,10,18-19H2,1-2H3,(H,20,23)(H,21,24);1H2,2H3;2-3H,1H3;1H,2H3/b15-14-;;3-2+;. The number of nitrogens with zero attached hydrogens (tertiary/aromatic N) is 1. The summed E-state index contributed by atoms with van der Waals surface area (Å²) in [4.78, 5) is 24.0. The maximum atomic E-state index is 12.2. The molecule has 10 heteroatoms. The highest BCUT2D eigenvalue weighted by molar-refractivity contribution is 6.28. The Morgan fingerprint density at radius 3 is 2.19 bits per heavy atom. The minimum absolute atomic E-state index is 0.0176. The van der Waals surface area contributed by atoms with Gasteiger partial charge in [-0.2, -0.15) is 0 Å². The first-order valence-corrected chi connectivity index (χ1v) is 11.5. The van der Waals surface area contributed by atoms with Crippen molar-refractivity contribution in [3.8, 4) is 12.3 Å². The summed E-state index contributed by atoms with van der Waals surface area (Å²) in [5.41, 5.74) is 7.46. The van der Waals surface area contributed by atoms with Gasteiger partial charge in [0.05, 0.1) is 24.3 Å². The average Bonchev–Trinajstić information content (AvgIpc) is 3.66. The highest BCUT2D eigenvalue weighted by atomic mass is 35.5. The summed E-state index contributed by atoms with van der Waals surface area (Å²) in [6.45, 7) is 10.8. The van der Waals surface area contributed by atoms with Crippen molar-refractivity contribution in [3.05, 3.63) is 65.2 Å². The molecule has 1 aliphatic rings. The molecule has 1 aromatic rings. The summed E-state index contributed by atoms with van der Waals surface area (Å²) in [6, 6.07) is 6.88. The van der Waals surface area contributed by atoms with Crippen LogP contribution >= 0.6 is 11.6 Å². The van der Waals surface area contributed by atoms with Gasteiger partial charge in [0.2, 0.25) is 0 Å². The predicted octanol–water partition coefficient (Wildman–Crippen LogP) is 4.10. The zero-order valence-corrected chi connectivity index (χ0v) is 22.5. The van der Waals surface area contributed by atoms with Gasteiger partial charge < -0.3 is 21.1 Å². The third-order valence-corrected chi connectivity index (χ3v) is 3.91. The van der Waals surface area contributed by atoms with Crippen molar-refractivity contribution < 1.29 is 18.7 Å². The lowest BCUT2D eigenvalue weighted by molar-refractivity contribution is -0.117. The number of hydrogen-bond acceptors (Lipinski definition) is 6. The Kier molecular flexibility index (Phi) is 20.3. The Labute approximate surface area is 219 Å². The second-order valence-corrected chi connectivity index (χ2v) is 7.89. The Hall–Kier alpha value is -3.32. The second-order valence-electron chi connectivity index (χ2n) is 7.24. The van der Waals surface area contributed by atoms with E-state index in [-0.39, 0.29) is 30.2 Å². The van der Waals surface area contributed by atoms with E-state index >= 15 is 0 Å². The third-order valence-electron chi connectivity index (χ3n) is 3.91. The zero-order valence-electron chi connectivity index (χ0n) is 21.7. The normalized spacial score (nSPS) is 12.1. The smallest absolute Gasteiger partial charge is 0.269 e. The van der Waals surface area contributed by atoms with Crippen LogP contribution in [0.15, 0.2) is 59.7 Å². The van der Waals surface area contributed by atoms with E-state index in [0.29, 0.717) is 34.9 Å². The molecule has 1 aromatic carbocycles. The van der Waals surface area contributed by atoms with Gasteiger partial charge in [0.1, 0.15) is 5.70 Å². The van der Waals surface area contributed by atoms with Crippen molar-refractivity contribution in [2.75, 3.05) is 25.3 Å². The number of hydrogen-bond donors (Lipinski definition) is 4. The molecule has 0 atom stereocenters. The van der Waals surface area contributed by atoms with Crippen LogP contribution < -0.4 is 27.2 Å². The van der Waals surface area contributed by atoms with Gasteiger partial charge in [-0.3, -0.25) is 14.6 Å². The molecule has 0 heterocycles. The lowest BCUT2D eigenvalue weighted by Gasteiger charge is -2.23. The Morgan fingerprint density at radius 2 is 1.83 bits per heavy atom. The molecule has 36 heavy (non-hydrogen) atoms. The second kappa shape index (κ2) is 21.0. The van der Waals surface area contributed by atoms with Crippen molar-refractivity contribution in [3.63, 3.8) is 0 Å². The summed E-state index contributed by atoms with van der Waals surface area (Å²) in [5, 5.41) is 7.49. The molecule has 2 amide bonds. The summed E-state index contributed by atoms with van der Waals surface area (Å²) in [5.74, 6) is 7.86. The average molecular weight is 524 g/mol. The third kappa shape index (κ3) is 16.3. The number of hydrazine groups is 1. The molecular weight excluding hydrogens is 485 g/mol. The number of rotatable bonds is 8. The van der Waals surface area contributed by atoms with Gasteiger partial charge in [-0.25, -0.2) is 10.2 Å². The van der Waals surface area contributed by atoms with Crippen LogP contribution in [0.2, 0.25) is 0 Å². The SMILES string of the molecule is C#CC.C/C=C/F.C=C(C)Cl.CCNC(=O)c1ccc(N(N)/C(COC)=C(\N)C(=O)NC2CC2)cc1. The number of carbonyl (C=O) groups excluding carboxylic acids is 2. The summed E-state index contributed by atoms with van der Waals surface area (Å²) >= 11 is 5.08. The highest BCUT2D eigenvalue weighted by Gasteiger charge is 2.26. The van der Waals surface area contributed by atoms with Gasteiger partial charge in [0.25, 0.3) is 11.8 Å². The number of ether oxygens (including phenoxy) is 1. The first kappa shape index (κ1) is 34.8. The molecule has 0 bridgehead atoms. The molecule has 0 aromatic heterocycles. The molecular formula is C26H39ClFN5O3. The lowest BCUT2D eigenvalue weighted by Crippen LogP contribution is -2.39. The van der Waals surface area contributed by atoms with Crippen LogP contribution in [0, 0.1) is 12.3 Å². The van der Waals surface area contributed by atoms with E-state index in [2.05, 4.69) is 29.6 Å². The van der Waals surface area contributed by atoms with E-state index in [1.807, 2.05) is 6.92 Å². The summed E-state index contributed by atoms with van der Waals surface area (Å²) in [7, 11) is 1.50. The first-order chi connectivity index (χ1) is 17.0. The topological polar surface area (TPSA) is 123 Å². The number of methoxy groups -OCH3 is 1. The van der Waals surface area contributed by atoms with Crippen LogP contribution in [-0.4, -0.2) is 38.1 Å².